The fraction of sp³-hybridized carbons (Fsp3) is 0.132. The van der Waals surface area contributed by atoms with Crippen molar-refractivity contribution >= 4 is 34.1 Å². The average Bonchev–Trinajstić information content (AvgIpc) is 3.60. The highest BCUT2D eigenvalue weighted by Gasteiger charge is 2.43. The molecule has 0 amide bonds. The van der Waals surface area contributed by atoms with Crippen LogP contribution >= 0.6 is 0 Å². The molecule has 10 rings (SSSR count). The van der Waals surface area contributed by atoms with E-state index in [1.807, 2.05) is 18.3 Å². The van der Waals surface area contributed by atoms with Crippen molar-refractivity contribution in [3.63, 3.8) is 0 Å². The van der Waals surface area contributed by atoms with E-state index >= 15 is 0 Å². The van der Waals surface area contributed by atoms with Gasteiger partial charge in [0.15, 0.2) is 0 Å². The lowest BCUT2D eigenvalue weighted by atomic mass is 9.81. The Hall–Kier alpha value is -6.78. The maximum absolute atomic E-state index is 5.60. The molecule has 0 fully saturated rings. The first kappa shape index (κ1) is 34.7. The predicted molar refractivity (Wildman–Crippen MR) is 237 cm³/mol. The maximum atomic E-state index is 5.60. The number of rotatable bonds is 7. The van der Waals surface area contributed by atoms with Crippen molar-refractivity contribution in [2.45, 2.75) is 45.4 Å². The molecule has 4 heteroatoms. The molecule has 0 atom stereocenters. The maximum Gasteiger partial charge on any atom is 0.0750 e. The molecule has 0 saturated carbocycles. The lowest BCUT2D eigenvalue weighted by Gasteiger charge is -2.28. The number of aryl methyl sites for hydroxylation is 1. The van der Waals surface area contributed by atoms with Crippen molar-refractivity contribution in [1.29, 1.82) is 0 Å². The summed E-state index contributed by atoms with van der Waals surface area (Å²) >= 11 is 0. The normalized spacial score (nSPS) is 14.0. The Balaban J connectivity index is 1.00. The summed E-state index contributed by atoms with van der Waals surface area (Å²) in [6, 6.07) is 60.9. The standard InChI is InChI=1S/C53H44N4/c1-35-21-24-40(25-22-35)56(37-15-9-6-10-16-37)41-26-29-43-45-33-48-50(55-51(45)53(4,5)47(43)32-41)44-28-23-36(31-46(44)52(48,2)3)49-30-27-42(34-54-49)57(38-17-11-7-12-18-38)39-19-13-8-14-20-39/h6-34H,1-5H3. The van der Waals surface area contributed by atoms with Crippen LogP contribution in [0.15, 0.2) is 176 Å². The van der Waals surface area contributed by atoms with Gasteiger partial charge in [0.05, 0.1) is 29.0 Å². The zero-order valence-corrected chi connectivity index (χ0v) is 33.0. The van der Waals surface area contributed by atoms with Gasteiger partial charge < -0.3 is 9.80 Å². The van der Waals surface area contributed by atoms with Crippen molar-refractivity contribution in [3.8, 4) is 33.6 Å². The topological polar surface area (TPSA) is 32.3 Å². The van der Waals surface area contributed by atoms with E-state index in [9.17, 15) is 0 Å². The first-order chi connectivity index (χ1) is 27.7. The highest BCUT2D eigenvalue weighted by Crippen LogP contribution is 2.55. The van der Waals surface area contributed by atoms with E-state index < -0.39 is 0 Å². The molecular formula is C53H44N4. The smallest absolute Gasteiger partial charge is 0.0750 e. The lowest BCUT2D eigenvalue weighted by molar-refractivity contribution is 0.631. The second-order valence-electron chi connectivity index (χ2n) is 16.4. The predicted octanol–water partition coefficient (Wildman–Crippen LogP) is 14.0. The van der Waals surface area contributed by atoms with E-state index in [2.05, 4.69) is 202 Å². The number of anilines is 6. The number of hydrogen-bond donors (Lipinski definition) is 0. The number of pyridine rings is 2. The van der Waals surface area contributed by atoms with Gasteiger partial charge in [0.25, 0.3) is 0 Å². The molecule has 0 saturated heterocycles. The minimum Gasteiger partial charge on any atom is -0.310 e. The molecule has 6 aromatic carbocycles. The monoisotopic (exact) mass is 736 g/mol. The first-order valence-corrected chi connectivity index (χ1v) is 19.8. The first-order valence-electron chi connectivity index (χ1n) is 19.8. The summed E-state index contributed by atoms with van der Waals surface area (Å²) in [5, 5.41) is 0. The fourth-order valence-electron chi connectivity index (χ4n) is 9.01. The third kappa shape index (κ3) is 5.66. The van der Waals surface area contributed by atoms with Crippen LogP contribution in [0.4, 0.5) is 34.1 Å². The number of nitrogens with zero attached hydrogens (tertiary/aromatic N) is 4. The molecule has 0 aliphatic heterocycles. The number of hydrogen-bond acceptors (Lipinski definition) is 4. The van der Waals surface area contributed by atoms with Crippen LogP contribution in [0.3, 0.4) is 0 Å². The van der Waals surface area contributed by atoms with Gasteiger partial charge in [0.2, 0.25) is 0 Å². The van der Waals surface area contributed by atoms with Gasteiger partial charge in [0, 0.05) is 56.0 Å². The van der Waals surface area contributed by atoms with Gasteiger partial charge in [-0.25, -0.2) is 0 Å². The van der Waals surface area contributed by atoms with E-state index in [0.717, 1.165) is 56.8 Å². The molecule has 0 unspecified atom stereocenters. The molecule has 0 N–H and O–H groups in total. The van der Waals surface area contributed by atoms with E-state index in [1.165, 1.54) is 38.9 Å². The van der Waals surface area contributed by atoms with Crippen molar-refractivity contribution in [2.75, 3.05) is 9.80 Å². The van der Waals surface area contributed by atoms with Gasteiger partial charge in [-0.3, -0.25) is 9.97 Å². The Bertz CT molecular complexity index is 2730. The van der Waals surface area contributed by atoms with Crippen molar-refractivity contribution in [2.24, 2.45) is 0 Å². The quantitative estimate of drug-likeness (QED) is 0.163. The third-order valence-electron chi connectivity index (χ3n) is 12.1. The summed E-state index contributed by atoms with van der Waals surface area (Å²) < 4.78 is 0. The average molecular weight is 737 g/mol. The molecular weight excluding hydrogens is 693 g/mol. The molecule has 0 spiro atoms. The van der Waals surface area contributed by atoms with Crippen molar-refractivity contribution < 1.29 is 0 Å². The molecule has 2 aromatic heterocycles. The van der Waals surface area contributed by atoms with Gasteiger partial charge in [0.1, 0.15) is 0 Å². The molecule has 4 nitrogen and oxygen atoms in total. The van der Waals surface area contributed by atoms with Gasteiger partial charge in [-0.15, -0.1) is 0 Å². The Morgan fingerprint density at radius 1 is 0.421 bits per heavy atom. The van der Waals surface area contributed by atoms with Gasteiger partial charge >= 0.3 is 0 Å². The van der Waals surface area contributed by atoms with Gasteiger partial charge in [-0.2, -0.15) is 0 Å². The van der Waals surface area contributed by atoms with Crippen LogP contribution in [0.25, 0.3) is 33.6 Å². The second-order valence-corrected chi connectivity index (χ2v) is 16.4. The molecule has 2 heterocycles. The lowest BCUT2D eigenvalue weighted by Crippen LogP contribution is -2.19. The zero-order valence-electron chi connectivity index (χ0n) is 33.0. The van der Waals surface area contributed by atoms with Gasteiger partial charge in [-0.1, -0.05) is 118 Å². The number of aromatic nitrogens is 2. The summed E-state index contributed by atoms with van der Waals surface area (Å²) in [4.78, 5) is 15.2. The van der Waals surface area contributed by atoms with Crippen LogP contribution < -0.4 is 9.80 Å². The van der Waals surface area contributed by atoms with Crippen molar-refractivity contribution in [3.05, 3.63) is 204 Å². The summed E-state index contributed by atoms with van der Waals surface area (Å²) in [6.07, 6.45) is 1.99. The SMILES string of the molecule is Cc1ccc(N(c2ccccc2)c2ccc3c(c2)C(C)(C)c2nc4c(cc2-3)C(C)(C)c2cc(-c3ccc(N(c5ccccc5)c5ccccc5)cn3)ccc2-4)cc1. The van der Waals surface area contributed by atoms with E-state index in [0.29, 0.717) is 0 Å². The molecule has 0 bridgehead atoms. The highest BCUT2D eigenvalue weighted by atomic mass is 15.1. The second kappa shape index (κ2) is 13.2. The highest BCUT2D eigenvalue weighted by molar-refractivity contribution is 5.89. The summed E-state index contributed by atoms with van der Waals surface area (Å²) in [5.41, 5.74) is 19.2. The van der Waals surface area contributed by atoms with Crippen LogP contribution in [0.1, 0.15) is 55.6 Å². The number of benzene rings is 6. The molecule has 0 radical (unpaired) electrons. The fourth-order valence-corrected chi connectivity index (χ4v) is 9.01. The van der Waals surface area contributed by atoms with Crippen LogP contribution in [0.5, 0.6) is 0 Å². The summed E-state index contributed by atoms with van der Waals surface area (Å²) in [6.45, 7) is 11.5. The van der Waals surface area contributed by atoms with Crippen LogP contribution in [-0.2, 0) is 10.8 Å². The Kier molecular flexibility index (Phi) is 8.02. The minimum atomic E-state index is -0.281. The van der Waals surface area contributed by atoms with Crippen molar-refractivity contribution in [1.82, 2.24) is 9.97 Å². The number of fused-ring (bicyclic) bond motifs is 6. The van der Waals surface area contributed by atoms with E-state index in [1.54, 1.807) is 0 Å². The van der Waals surface area contributed by atoms with Crippen LogP contribution in [0.2, 0.25) is 0 Å². The molecule has 2 aliphatic rings. The Morgan fingerprint density at radius 2 is 0.947 bits per heavy atom. The number of para-hydroxylation sites is 3. The molecule has 2 aliphatic carbocycles. The zero-order chi connectivity index (χ0) is 38.9. The largest absolute Gasteiger partial charge is 0.310 e. The van der Waals surface area contributed by atoms with Crippen LogP contribution in [-0.4, -0.2) is 9.97 Å². The van der Waals surface area contributed by atoms with E-state index in [-0.39, 0.29) is 10.8 Å². The molecule has 276 valence electrons. The minimum absolute atomic E-state index is 0.234. The van der Waals surface area contributed by atoms with Gasteiger partial charge in [-0.05, 0) is 114 Å². The molecule has 8 aromatic rings. The molecule has 57 heavy (non-hydrogen) atoms. The van der Waals surface area contributed by atoms with Crippen LogP contribution in [0, 0.1) is 6.92 Å². The Morgan fingerprint density at radius 3 is 1.54 bits per heavy atom. The summed E-state index contributed by atoms with van der Waals surface area (Å²) in [5.74, 6) is 0. The summed E-state index contributed by atoms with van der Waals surface area (Å²) in [7, 11) is 0. The van der Waals surface area contributed by atoms with E-state index in [4.69, 9.17) is 9.97 Å². The third-order valence-corrected chi connectivity index (χ3v) is 12.1. The Labute approximate surface area is 335 Å².